The molecule has 0 saturated carbocycles. The average molecular weight is 306 g/mol. The molecule has 0 spiro atoms. The van der Waals surface area contributed by atoms with Gasteiger partial charge in [0, 0.05) is 6.54 Å². The number of hydrogen-bond donors (Lipinski definition) is 2. The van der Waals surface area contributed by atoms with Crippen molar-refractivity contribution >= 4 is 12.1 Å². The van der Waals surface area contributed by atoms with E-state index >= 15 is 0 Å². The molecule has 0 unspecified atom stereocenters. The van der Waals surface area contributed by atoms with Crippen molar-refractivity contribution < 1.29 is 18.8 Å². The Balaban J connectivity index is 2.10. The lowest BCUT2D eigenvalue weighted by atomic mass is 10.2. The molecule has 2 rings (SSSR count). The van der Waals surface area contributed by atoms with Crippen molar-refractivity contribution in [3.63, 3.8) is 0 Å². The van der Waals surface area contributed by atoms with Crippen LogP contribution in [-0.4, -0.2) is 27.3 Å². The zero-order valence-corrected chi connectivity index (χ0v) is 11.5. The third-order valence-electron chi connectivity index (χ3n) is 2.72. The molecule has 0 radical (unpaired) electrons. The van der Waals surface area contributed by atoms with Crippen molar-refractivity contribution in [2.45, 2.75) is 13.5 Å². The minimum Gasteiger partial charge on any atom is -0.411 e. The third-order valence-corrected chi connectivity index (χ3v) is 2.72. The van der Waals surface area contributed by atoms with Crippen LogP contribution in [0.5, 0.6) is 0 Å². The summed E-state index contributed by atoms with van der Waals surface area (Å²) in [6.45, 7) is 1.60. The number of carbonyl (C=O) groups is 1. The zero-order valence-electron chi connectivity index (χ0n) is 11.5. The topological polar surface area (TPSA) is 87.5 Å². The van der Waals surface area contributed by atoms with Crippen LogP contribution in [-0.2, 0) is 6.54 Å². The predicted molar refractivity (Wildman–Crippen MR) is 73.7 cm³/mol. The van der Waals surface area contributed by atoms with Gasteiger partial charge in [-0.05, 0) is 30.7 Å². The first kappa shape index (κ1) is 15.5. The van der Waals surface area contributed by atoms with Gasteiger partial charge in [-0.1, -0.05) is 11.2 Å². The van der Waals surface area contributed by atoms with E-state index in [-0.39, 0.29) is 17.9 Å². The highest BCUT2D eigenvalue weighted by Gasteiger charge is 2.10. The number of rotatable bonds is 4. The van der Waals surface area contributed by atoms with Crippen molar-refractivity contribution in [3.8, 4) is 0 Å². The van der Waals surface area contributed by atoms with Gasteiger partial charge in [0.1, 0.15) is 11.5 Å². The van der Waals surface area contributed by atoms with Gasteiger partial charge < -0.3 is 10.5 Å². The van der Waals surface area contributed by atoms with E-state index in [0.29, 0.717) is 11.4 Å². The smallest absolute Gasteiger partial charge is 0.270 e. The molecule has 0 atom stereocenters. The second kappa shape index (κ2) is 6.70. The van der Waals surface area contributed by atoms with Crippen molar-refractivity contribution in [2.75, 3.05) is 0 Å². The van der Waals surface area contributed by atoms with Crippen LogP contribution in [0.3, 0.4) is 0 Å². The second-order valence-corrected chi connectivity index (χ2v) is 4.40. The molecular weight excluding hydrogens is 294 g/mol. The lowest BCUT2D eigenvalue weighted by molar-refractivity contribution is 0.0945. The summed E-state index contributed by atoms with van der Waals surface area (Å²) in [5, 5.41) is 13.9. The molecule has 2 aromatic rings. The van der Waals surface area contributed by atoms with Gasteiger partial charge in [-0.3, -0.25) is 4.79 Å². The molecule has 1 aromatic heterocycles. The first-order valence-corrected chi connectivity index (χ1v) is 6.25. The Labute approximate surface area is 124 Å². The molecule has 0 aliphatic rings. The molecule has 0 bridgehead atoms. The first-order valence-electron chi connectivity index (χ1n) is 6.25. The quantitative estimate of drug-likeness (QED) is 0.512. The molecule has 114 valence electrons. The van der Waals surface area contributed by atoms with Crippen LogP contribution in [0.2, 0.25) is 0 Å². The number of nitrogens with one attached hydrogen (secondary N) is 1. The number of benzene rings is 1. The molecular formula is C14H12F2N4O2. The van der Waals surface area contributed by atoms with Gasteiger partial charge in [0.15, 0.2) is 11.6 Å². The van der Waals surface area contributed by atoms with Gasteiger partial charge in [0.25, 0.3) is 5.91 Å². The van der Waals surface area contributed by atoms with Crippen molar-refractivity contribution in [1.29, 1.82) is 0 Å². The van der Waals surface area contributed by atoms with Crippen LogP contribution >= 0.6 is 0 Å². The predicted octanol–water partition coefficient (Wildman–Crippen LogP) is 1.80. The number of aryl methyl sites for hydroxylation is 1. The van der Waals surface area contributed by atoms with E-state index in [0.717, 1.165) is 18.3 Å². The van der Waals surface area contributed by atoms with Crippen molar-refractivity contribution in [3.05, 3.63) is 58.7 Å². The molecule has 8 heteroatoms. The summed E-state index contributed by atoms with van der Waals surface area (Å²) in [6.07, 6.45) is 1.07. The largest absolute Gasteiger partial charge is 0.411 e. The molecule has 22 heavy (non-hydrogen) atoms. The molecule has 1 amide bonds. The maximum atomic E-state index is 13.1. The molecule has 1 heterocycles. The normalized spacial score (nSPS) is 10.9. The van der Waals surface area contributed by atoms with E-state index < -0.39 is 17.5 Å². The van der Waals surface area contributed by atoms with Gasteiger partial charge in [0.2, 0.25) is 0 Å². The summed E-state index contributed by atoms with van der Waals surface area (Å²) in [5.74, 6) is -2.11. The fourth-order valence-electron chi connectivity index (χ4n) is 1.75. The number of nitrogens with zero attached hydrogens (tertiary/aromatic N) is 3. The lowest BCUT2D eigenvalue weighted by Gasteiger charge is -2.06. The summed E-state index contributed by atoms with van der Waals surface area (Å²) in [4.78, 5) is 19.9. The van der Waals surface area contributed by atoms with E-state index in [1.54, 1.807) is 6.92 Å². The van der Waals surface area contributed by atoms with Crippen LogP contribution in [0.1, 0.15) is 27.6 Å². The molecule has 0 saturated heterocycles. The summed E-state index contributed by atoms with van der Waals surface area (Å²) in [5.41, 5.74) is 0.758. The highest BCUT2D eigenvalue weighted by Crippen LogP contribution is 2.08. The number of hydrogen-bond acceptors (Lipinski definition) is 5. The molecule has 2 N–H and O–H groups in total. The van der Waals surface area contributed by atoms with Crippen molar-refractivity contribution in [2.24, 2.45) is 5.16 Å². The van der Waals surface area contributed by atoms with E-state index in [1.807, 2.05) is 0 Å². The number of carbonyl (C=O) groups excluding carboxylic acids is 1. The Bertz CT molecular complexity index is 735. The number of halogens is 2. The Hall–Kier alpha value is -2.90. The van der Waals surface area contributed by atoms with Crippen LogP contribution in [0.15, 0.2) is 29.4 Å². The summed E-state index contributed by atoms with van der Waals surface area (Å²) in [6, 6.07) is 4.70. The highest BCUT2D eigenvalue weighted by molar-refractivity contribution is 5.93. The standard InChI is InChI=1S/C14H12F2N4O2/c1-8-19-10(7-18-22)5-13(20-8)14(21)17-6-9-2-3-11(15)12(16)4-9/h2-5,7,22H,6H2,1H3,(H,17,21)/b18-7+. The van der Waals surface area contributed by atoms with Crippen LogP contribution < -0.4 is 5.32 Å². The zero-order chi connectivity index (χ0) is 16.1. The lowest BCUT2D eigenvalue weighted by Crippen LogP contribution is -2.24. The van der Waals surface area contributed by atoms with E-state index in [4.69, 9.17) is 5.21 Å². The SMILES string of the molecule is Cc1nc(/C=N/O)cc(C(=O)NCc2ccc(F)c(F)c2)n1. The molecule has 6 nitrogen and oxygen atoms in total. The molecule has 0 fully saturated rings. The van der Waals surface area contributed by atoms with Crippen LogP contribution in [0.25, 0.3) is 0 Å². The van der Waals surface area contributed by atoms with Gasteiger partial charge in [-0.25, -0.2) is 18.7 Å². The molecule has 0 aliphatic heterocycles. The fourth-order valence-corrected chi connectivity index (χ4v) is 1.75. The maximum Gasteiger partial charge on any atom is 0.270 e. The highest BCUT2D eigenvalue weighted by atomic mass is 19.2. The van der Waals surface area contributed by atoms with Gasteiger partial charge >= 0.3 is 0 Å². The number of amides is 1. The van der Waals surface area contributed by atoms with E-state index in [2.05, 4.69) is 20.4 Å². The first-order chi connectivity index (χ1) is 10.5. The Morgan fingerprint density at radius 1 is 1.32 bits per heavy atom. The minimum absolute atomic E-state index is 0.0164. The molecule has 1 aromatic carbocycles. The Kier molecular flexibility index (Phi) is 4.72. The van der Waals surface area contributed by atoms with Gasteiger partial charge in [0.05, 0.1) is 11.9 Å². The minimum atomic E-state index is -0.980. The Morgan fingerprint density at radius 3 is 2.77 bits per heavy atom. The third kappa shape index (κ3) is 3.81. The second-order valence-electron chi connectivity index (χ2n) is 4.40. The van der Waals surface area contributed by atoms with Gasteiger partial charge in [-0.2, -0.15) is 0 Å². The monoisotopic (exact) mass is 306 g/mol. The van der Waals surface area contributed by atoms with Crippen LogP contribution in [0.4, 0.5) is 8.78 Å². The average Bonchev–Trinajstić information content (AvgIpc) is 2.48. The fraction of sp³-hybridized carbons (Fsp3) is 0.143. The summed E-state index contributed by atoms with van der Waals surface area (Å²) >= 11 is 0. The van der Waals surface area contributed by atoms with Crippen LogP contribution in [0, 0.1) is 18.6 Å². The summed E-state index contributed by atoms with van der Waals surface area (Å²) in [7, 11) is 0. The number of oxime groups is 1. The maximum absolute atomic E-state index is 13.1. The summed E-state index contributed by atoms with van der Waals surface area (Å²) < 4.78 is 25.9. The van der Waals surface area contributed by atoms with Gasteiger partial charge in [-0.15, -0.1) is 0 Å². The Morgan fingerprint density at radius 2 is 2.09 bits per heavy atom. The number of aromatic nitrogens is 2. The molecule has 0 aliphatic carbocycles. The van der Waals surface area contributed by atoms with E-state index in [1.165, 1.54) is 12.1 Å². The van der Waals surface area contributed by atoms with Crippen molar-refractivity contribution in [1.82, 2.24) is 15.3 Å². The van der Waals surface area contributed by atoms with E-state index in [9.17, 15) is 13.6 Å².